The summed E-state index contributed by atoms with van der Waals surface area (Å²) < 4.78 is 0. The van der Waals surface area contributed by atoms with Gasteiger partial charge in [-0.25, -0.2) is 0 Å². The van der Waals surface area contributed by atoms with Crippen molar-refractivity contribution in [1.82, 2.24) is 5.53 Å². The van der Waals surface area contributed by atoms with Crippen LogP contribution in [0.25, 0.3) is 0 Å². The second-order valence-electron chi connectivity index (χ2n) is 3.11. The fourth-order valence-electron chi connectivity index (χ4n) is 1.22. The molecule has 0 radical (unpaired) electrons. The molecule has 2 aromatic carbocycles. The van der Waals surface area contributed by atoms with Crippen molar-refractivity contribution in [3.8, 4) is 0 Å². The number of anilines is 2. The van der Waals surface area contributed by atoms with E-state index in [1.807, 2.05) is 60.7 Å². The molecule has 0 aliphatic rings. The first-order chi connectivity index (χ1) is 7.45. The Hall–Kier alpha value is -2.00. The largest absolute Gasteiger partial charge is 0.304 e. The lowest BCUT2D eigenvalue weighted by molar-refractivity contribution is 0.954. The molecule has 3 nitrogen and oxygen atoms in total. The van der Waals surface area contributed by atoms with Crippen molar-refractivity contribution in [1.29, 1.82) is 0 Å². The summed E-state index contributed by atoms with van der Waals surface area (Å²) >= 11 is 0. The van der Waals surface area contributed by atoms with Crippen LogP contribution in [-0.4, -0.2) is 0 Å². The van der Waals surface area contributed by atoms with E-state index in [1.165, 1.54) is 0 Å². The summed E-state index contributed by atoms with van der Waals surface area (Å²) in [6.07, 6.45) is 0. The van der Waals surface area contributed by atoms with Gasteiger partial charge in [-0.3, -0.25) is 0 Å². The molecule has 0 saturated carbocycles. The Kier molecular flexibility index (Phi) is 3.20. The average Bonchev–Trinajstić information content (AvgIpc) is 2.32. The Balaban J connectivity index is 1.81. The predicted molar refractivity (Wildman–Crippen MR) is 63.3 cm³/mol. The summed E-state index contributed by atoms with van der Waals surface area (Å²) in [5.74, 6) is 0. The van der Waals surface area contributed by atoms with Gasteiger partial charge in [-0.1, -0.05) is 36.4 Å². The van der Waals surface area contributed by atoms with Crippen LogP contribution < -0.4 is 16.4 Å². The van der Waals surface area contributed by atoms with Crippen LogP contribution in [0.1, 0.15) is 0 Å². The molecule has 0 bridgehead atoms. The van der Waals surface area contributed by atoms with E-state index in [0.717, 1.165) is 11.4 Å². The highest BCUT2D eigenvalue weighted by Gasteiger charge is 1.88. The maximum atomic E-state index is 3.03. The van der Waals surface area contributed by atoms with Gasteiger partial charge in [-0.05, 0) is 24.3 Å². The van der Waals surface area contributed by atoms with Gasteiger partial charge in [0, 0.05) is 0 Å². The summed E-state index contributed by atoms with van der Waals surface area (Å²) in [6, 6.07) is 19.8. The Morgan fingerprint density at radius 3 is 1.33 bits per heavy atom. The van der Waals surface area contributed by atoms with E-state index in [2.05, 4.69) is 16.4 Å². The Morgan fingerprint density at radius 2 is 0.933 bits per heavy atom. The molecule has 0 heterocycles. The molecule has 0 fully saturated rings. The summed E-state index contributed by atoms with van der Waals surface area (Å²) in [7, 11) is 0. The van der Waals surface area contributed by atoms with Crippen molar-refractivity contribution in [3.05, 3.63) is 60.7 Å². The van der Waals surface area contributed by atoms with Crippen LogP contribution in [-0.2, 0) is 0 Å². The SMILES string of the molecule is c1ccc(NNNc2ccccc2)cc1. The molecule has 0 saturated heterocycles. The zero-order valence-corrected chi connectivity index (χ0v) is 8.27. The van der Waals surface area contributed by atoms with Crippen molar-refractivity contribution in [3.63, 3.8) is 0 Å². The molecule has 15 heavy (non-hydrogen) atoms. The number of hydrogen-bond donors (Lipinski definition) is 3. The van der Waals surface area contributed by atoms with E-state index in [-0.39, 0.29) is 0 Å². The highest BCUT2D eigenvalue weighted by molar-refractivity contribution is 5.44. The molecule has 0 spiro atoms. The zero-order valence-electron chi connectivity index (χ0n) is 8.27. The van der Waals surface area contributed by atoms with E-state index in [4.69, 9.17) is 0 Å². The van der Waals surface area contributed by atoms with Crippen molar-refractivity contribution in [2.24, 2.45) is 0 Å². The van der Waals surface area contributed by atoms with E-state index in [9.17, 15) is 0 Å². The zero-order chi connectivity index (χ0) is 10.3. The quantitative estimate of drug-likeness (QED) is 0.662. The van der Waals surface area contributed by atoms with Crippen molar-refractivity contribution in [2.45, 2.75) is 0 Å². The molecular formula is C12H13N3. The third-order valence-corrected chi connectivity index (χ3v) is 1.96. The van der Waals surface area contributed by atoms with Crippen LogP contribution in [0.3, 0.4) is 0 Å². The lowest BCUT2D eigenvalue weighted by atomic mass is 10.3. The van der Waals surface area contributed by atoms with Crippen molar-refractivity contribution in [2.75, 3.05) is 10.9 Å². The summed E-state index contributed by atoms with van der Waals surface area (Å²) in [5, 5.41) is 0. The van der Waals surface area contributed by atoms with E-state index >= 15 is 0 Å². The molecule has 0 aliphatic heterocycles. The summed E-state index contributed by atoms with van der Waals surface area (Å²) in [6.45, 7) is 0. The predicted octanol–water partition coefficient (Wildman–Crippen LogP) is 2.63. The Bertz CT molecular complexity index is 347. The van der Waals surface area contributed by atoms with Gasteiger partial charge < -0.3 is 10.9 Å². The van der Waals surface area contributed by atoms with E-state index in [1.54, 1.807) is 0 Å². The minimum Gasteiger partial charge on any atom is -0.304 e. The maximum Gasteiger partial charge on any atom is 0.0505 e. The first-order valence-electron chi connectivity index (χ1n) is 4.82. The van der Waals surface area contributed by atoms with Crippen LogP contribution in [0.2, 0.25) is 0 Å². The number of benzene rings is 2. The third-order valence-electron chi connectivity index (χ3n) is 1.96. The fraction of sp³-hybridized carbons (Fsp3) is 0. The van der Waals surface area contributed by atoms with Crippen LogP contribution >= 0.6 is 0 Å². The molecule has 76 valence electrons. The molecule has 0 aromatic heterocycles. The van der Waals surface area contributed by atoms with E-state index in [0.29, 0.717) is 0 Å². The van der Waals surface area contributed by atoms with E-state index < -0.39 is 0 Å². The standard InChI is InChI=1S/C12H13N3/c1-3-7-11(8-4-1)13-15-14-12-9-5-2-6-10-12/h1-10,13-15H. The normalized spacial score (nSPS) is 9.60. The number of hydrogen-bond acceptors (Lipinski definition) is 3. The lowest BCUT2D eigenvalue weighted by Crippen LogP contribution is -2.27. The van der Waals surface area contributed by atoms with Gasteiger partial charge >= 0.3 is 0 Å². The number of rotatable bonds is 4. The smallest absolute Gasteiger partial charge is 0.0505 e. The monoisotopic (exact) mass is 199 g/mol. The van der Waals surface area contributed by atoms with Crippen LogP contribution in [0, 0.1) is 0 Å². The molecule has 2 aromatic rings. The van der Waals surface area contributed by atoms with Crippen LogP contribution in [0.15, 0.2) is 60.7 Å². The maximum absolute atomic E-state index is 3.03. The fourth-order valence-corrected chi connectivity index (χ4v) is 1.22. The average molecular weight is 199 g/mol. The first kappa shape index (κ1) is 9.55. The number of nitrogens with one attached hydrogen (secondary N) is 3. The first-order valence-corrected chi connectivity index (χ1v) is 4.82. The van der Waals surface area contributed by atoms with Gasteiger partial charge in [0.25, 0.3) is 0 Å². The second kappa shape index (κ2) is 5.02. The molecule has 3 N–H and O–H groups in total. The topological polar surface area (TPSA) is 36.1 Å². The van der Waals surface area contributed by atoms with Gasteiger partial charge in [0.2, 0.25) is 0 Å². The molecule has 2 rings (SSSR count). The Labute approximate surface area is 89.1 Å². The van der Waals surface area contributed by atoms with Crippen molar-refractivity contribution < 1.29 is 0 Å². The molecule has 3 heteroatoms. The minimum atomic E-state index is 1.01. The number of hydrazine groups is 2. The minimum absolute atomic E-state index is 1.01. The molecule has 0 aliphatic carbocycles. The van der Waals surface area contributed by atoms with Crippen molar-refractivity contribution >= 4 is 11.4 Å². The molecule has 0 atom stereocenters. The van der Waals surface area contributed by atoms with Crippen LogP contribution in [0.4, 0.5) is 11.4 Å². The molecule has 0 amide bonds. The van der Waals surface area contributed by atoms with Gasteiger partial charge in [0.1, 0.15) is 0 Å². The summed E-state index contributed by atoms with van der Waals surface area (Å²) in [5.41, 5.74) is 11.0. The van der Waals surface area contributed by atoms with Gasteiger partial charge in [0.15, 0.2) is 0 Å². The molecule has 0 unspecified atom stereocenters. The van der Waals surface area contributed by atoms with Crippen LogP contribution in [0.5, 0.6) is 0 Å². The molecular weight excluding hydrogens is 186 g/mol. The van der Waals surface area contributed by atoms with Gasteiger partial charge in [-0.15, -0.1) is 0 Å². The second-order valence-corrected chi connectivity index (χ2v) is 3.11. The third kappa shape index (κ3) is 3.00. The van der Waals surface area contributed by atoms with Gasteiger partial charge in [0.05, 0.1) is 11.4 Å². The Morgan fingerprint density at radius 1 is 0.533 bits per heavy atom. The highest BCUT2D eigenvalue weighted by atomic mass is 15.6. The lowest BCUT2D eigenvalue weighted by Gasteiger charge is -2.10. The van der Waals surface area contributed by atoms with Gasteiger partial charge in [-0.2, -0.15) is 5.53 Å². The summed E-state index contributed by atoms with van der Waals surface area (Å²) in [4.78, 5) is 0. The number of para-hydroxylation sites is 2. The highest BCUT2D eigenvalue weighted by Crippen LogP contribution is 2.04.